The van der Waals surface area contributed by atoms with E-state index >= 15 is 0 Å². The van der Waals surface area contributed by atoms with E-state index in [9.17, 15) is 0 Å². The monoisotopic (exact) mass is 236 g/mol. The van der Waals surface area contributed by atoms with Crippen LogP contribution in [0.4, 0.5) is 0 Å². The predicted molar refractivity (Wildman–Crippen MR) is 66.8 cm³/mol. The highest BCUT2D eigenvalue weighted by Gasteiger charge is 2.11. The molecule has 0 spiro atoms. The molecular weight excluding hydrogens is 228 g/mol. The molecule has 0 saturated carbocycles. The van der Waals surface area contributed by atoms with Crippen LogP contribution in [0.5, 0.6) is 0 Å². The average Bonchev–Trinajstić information content (AvgIpc) is 3.04. The SMILES string of the molecule is c1ccc2c(-c3ncc4[nH]cnc4n3)n[nH]c2c1. The lowest BCUT2D eigenvalue weighted by atomic mass is 10.2. The summed E-state index contributed by atoms with van der Waals surface area (Å²) in [7, 11) is 0. The van der Waals surface area contributed by atoms with Gasteiger partial charge in [-0.05, 0) is 6.07 Å². The summed E-state index contributed by atoms with van der Waals surface area (Å²) in [6.45, 7) is 0. The normalized spacial score (nSPS) is 11.3. The number of aromatic amines is 2. The fourth-order valence-corrected chi connectivity index (χ4v) is 1.98. The fraction of sp³-hybridized carbons (Fsp3) is 0. The van der Waals surface area contributed by atoms with Gasteiger partial charge in [-0.1, -0.05) is 18.2 Å². The second kappa shape index (κ2) is 3.36. The molecule has 2 N–H and O–H groups in total. The van der Waals surface area contributed by atoms with Crippen molar-refractivity contribution in [3.05, 3.63) is 36.8 Å². The molecule has 3 aromatic heterocycles. The quantitative estimate of drug-likeness (QED) is 0.528. The van der Waals surface area contributed by atoms with Crippen LogP contribution >= 0.6 is 0 Å². The van der Waals surface area contributed by atoms with E-state index < -0.39 is 0 Å². The van der Waals surface area contributed by atoms with Gasteiger partial charge in [0.15, 0.2) is 11.5 Å². The first-order valence-electron chi connectivity index (χ1n) is 5.51. The standard InChI is InChI=1S/C12H8N6/c1-2-4-8-7(3-1)10(18-17-8)12-13-5-9-11(16-12)15-6-14-9/h1-6H,(H,17,18)(H,13,14,15,16). The van der Waals surface area contributed by atoms with Gasteiger partial charge < -0.3 is 4.98 Å². The van der Waals surface area contributed by atoms with E-state index in [-0.39, 0.29) is 0 Å². The van der Waals surface area contributed by atoms with E-state index in [0.29, 0.717) is 11.5 Å². The second-order valence-corrected chi connectivity index (χ2v) is 3.95. The molecular formula is C12H8N6. The summed E-state index contributed by atoms with van der Waals surface area (Å²) < 4.78 is 0. The van der Waals surface area contributed by atoms with Crippen molar-refractivity contribution >= 4 is 22.1 Å². The first-order valence-corrected chi connectivity index (χ1v) is 5.51. The molecule has 0 aliphatic carbocycles. The van der Waals surface area contributed by atoms with Gasteiger partial charge in [0.1, 0.15) is 11.2 Å². The molecule has 6 heteroatoms. The Morgan fingerprint density at radius 2 is 1.94 bits per heavy atom. The summed E-state index contributed by atoms with van der Waals surface area (Å²) >= 11 is 0. The molecule has 18 heavy (non-hydrogen) atoms. The molecule has 0 aliphatic rings. The maximum absolute atomic E-state index is 4.39. The summed E-state index contributed by atoms with van der Waals surface area (Å²) in [5.41, 5.74) is 3.18. The predicted octanol–water partition coefficient (Wildman–Crippen LogP) is 1.90. The van der Waals surface area contributed by atoms with Crippen LogP contribution in [0.25, 0.3) is 33.6 Å². The highest BCUT2D eigenvalue weighted by Crippen LogP contribution is 2.23. The zero-order chi connectivity index (χ0) is 11.9. The van der Waals surface area contributed by atoms with Crippen molar-refractivity contribution in [2.24, 2.45) is 0 Å². The Hall–Kier alpha value is -2.76. The number of rotatable bonds is 1. The first kappa shape index (κ1) is 9.29. The van der Waals surface area contributed by atoms with Gasteiger partial charge in [-0.2, -0.15) is 5.10 Å². The zero-order valence-corrected chi connectivity index (χ0v) is 9.25. The maximum Gasteiger partial charge on any atom is 0.182 e. The Balaban J connectivity index is 2.00. The lowest BCUT2D eigenvalue weighted by Gasteiger charge is -1.95. The lowest BCUT2D eigenvalue weighted by Crippen LogP contribution is -1.90. The van der Waals surface area contributed by atoms with Gasteiger partial charge in [-0.25, -0.2) is 15.0 Å². The zero-order valence-electron chi connectivity index (χ0n) is 9.25. The smallest absolute Gasteiger partial charge is 0.182 e. The number of para-hydroxylation sites is 1. The van der Waals surface area contributed by atoms with Crippen LogP contribution in [-0.2, 0) is 0 Å². The minimum atomic E-state index is 0.576. The van der Waals surface area contributed by atoms with Crippen molar-refractivity contribution < 1.29 is 0 Å². The molecule has 0 aliphatic heterocycles. The van der Waals surface area contributed by atoms with E-state index in [1.807, 2.05) is 24.3 Å². The van der Waals surface area contributed by atoms with Gasteiger partial charge in [-0.3, -0.25) is 5.10 Å². The molecule has 0 bridgehead atoms. The molecule has 0 amide bonds. The van der Waals surface area contributed by atoms with Crippen molar-refractivity contribution in [2.45, 2.75) is 0 Å². The van der Waals surface area contributed by atoms with Crippen LogP contribution in [0.15, 0.2) is 36.8 Å². The summed E-state index contributed by atoms with van der Waals surface area (Å²) in [6, 6.07) is 7.89. The maximum atomic E-state index is 4.39. The number of nitrogens with one attached hydrogen (secondary N) is 2. The van der Waals surface area contributed by atoms with Crippen molar-refractivity contribution in [2.75, 3.05) is 0 Å². The number of nitrogens with zero attached hydrogens (tertiary/aromatic N) is 4. The van der Waals surface area contributed by atoms with E-state index in [2.05, 4.69) is 30.1 Å². The number of benzene rings is 1. The van der Waals surface area contributed by atoms with Crippen LogP contribution in [-0.4, -0.2) is 30.1 Å². The largest absolute Gasteiger partial charge is 0.342 e. The van der Waals surface area contributed by atoms with Gasteiger partial charge in [0.25, 0.3) is 0 Å². The molecule has 1 aromatic carbocycles. The third kappa shape index (κ3) is 1.22. The third-order valence-electron chi connectivity index (χ3n) is 2.86. The number of fused-ring (bicyclic) bond motifs is 2. The summed E-state index contributed by atoms with van der Waals surface area (Å²) in [4.78, 5) is 15.8. The Morgan fingerprint density at radius 3 is 2.94 bits per heavy atom. The molecule has 86 valence electrons. The van der Waals surface area contributed by atoms with Crippen LogP contribution < -0.4 is 0 Å². The molecule has 6 nitrogen and oxygen atoms in total. The van der Waals surface area contributed by atoms with Crippen LogP contribution in [0.2, 0.25) is 0 Å². The summed E-state index contributed by atoms with van der Waals surface area (Å²) in [5.74, 6) is 0.576. The third-order valence-corrected chi connectivity index (χ3v) is 2.86. The van der Waals surface area contributed by atoms with Crippen molar-refractivity contribution in [3.8, 4) is 11.5 Å². The van der Waals surface area contributed by atoms with Crippen LogP contribution in [0.3, 0.4) is 0 Å². The van der Waals surface area contributed by atoms with E-state index in [1.54, 1.807) is 12.5 Å². The Kier molecular flexibility index (Phi) is 1.74. The van der Waals surface area contributed by atoms with Crippen LogP contribution in [0, 0.1) is 0 Å². The first-order chi connectivity index (χ1) is 8.92. The molecule has 4 rings (SSSR count). The van der Waals surface area contributed by atoms with Gasteiger partial charge in [0.2, 0.25) is 0 Å². The number of hydrogen-bond donors (Lipinski definition) is 2. The lowest BCUT2D eigenvalue weighted by molar-refractivity contribution is 1.09. The number of aromatic nitrogens is 6. The van der Waals surface area contributed by atoms with E-state index in [0.717, 1.165) is 22.1 Å². The molecule has 3 heterocycles. The van der Waals surface area contributed by atoms with Crippen molar-refractivity contribution in [1.29, 1.82) is 0 Å². The average molecular weight is 236 g/mol. The minimum absolute atomic E-state index is 0.576. The minimum Gasteiger partial charge on any atom is -0.342 e. The molecule has 0 unspecified atom stereocenters. The van der Waals surface area contributed by atoms with Crippen LogP contribution in [0.1, 0.15) is 0 Å². The highest BCUT2D eigenvalue weighted by atomic mass is 15.1. The van der Waals surface area contributed by atoms with E-state index in [1.165, 1.54) is 0 Å². The van der Waals surface area contributed by atoms with Crippen molar-refractivity contribution in [3.63, 3.8) is 0 Å². The highest BCUT2D eigenvalue weighted by molar-refractivity contribution is 5.91. The van der Waals surface area contributed by atoms with Gasteiger partial charge in [0, 0.05) is 5.39 Å². The molecule has 0 atom stereocenters. The molecule has 0 saturated heterocycles. The molecule has 0 radical (unpaired) electrons. The molecule has 0 fully saturated rings. The Bertz CT molecular complexity index is 844. The number of imidazole rings is 1. The van der Waals surface area contributed by atoms with E-state index in [4.69, 9.17) is 0 Å². The van der Waals surface area contributed by atoms with Gasteiger partial charge >= 0.3 is 0 Å². The molecule has 4 aromatic rings. The fourth-order valence-electron chi connectivity index (χ4n) is 1.98. The van der Waals surface area contributed by atoms with Gasteiger partial charge in [0.05, 0.1) is 18.0 Å². The Morgan fingerprint density at radius 1 is 1.00 bits per heavy atom. The van der Waals surface area contributed by atoms with Crippen molar-refractivity contribution in [1.82, 2.24) is 30.1 Å². The number of H-pyrrole nitrogens is 2. The van der Waals surface area contributed by atoms with Gasteiger partial charge in [-0.15, -0.1) is 0 Å². The Labute approximate surface area is 101 Å². The number of hydrogen-bond acceptors (Lipinski definition) is 4. The topological polar surface area (TPSA) is 83.1 Å². The summed E-state index contributed by atoms with van der Waals surface area (Å²) in [6.07, 6.45) is 3.32. The second-order valence-electron chi connectivity index (χ2n) is 3.95. The summed E-state index contributed by atoms with van der Waals surface area (Å²) in [5, 5.41) is 8.25.